The molecule has 1 fully saturated rings. The summed E-state index contributed by atoms with van der Waals surface area (Å²) in [5.74, 6) is -0.0183. The third-order valence-electron chi connectivity index (χ3n) is 4.95. The van der Waals surface area contributed by atoms with Gasteiger partial charge in [-0.1, -0.05) is 37.1 Å². The molecule has 0 radical (unpaired) electrons. The minimum atomic E-state index is -0.366. The molecule has 0 aliphatic carbocycles. The quantitative estimate of drug-likeness (QED) is 0.499. The highest BCUT2D eigenvalue weighted by molar-refractivity contribution is 7.71. The Morgan fingerprint density at radius 1 is 1.00 bits per heavy atom. The van der Waals surface area contributed by atoms with Crippen molar-refractivity contribution in [2.75, 3.05) is 18.0 Å². The van der Waals surface area contributed by atoms with E-state index in [-0.39, 0.29) is 5.82 Å². The summed E-state index contributed by atoms with van der Waals surface area (Å²) in [6.07, 6.45) is 6.84. The molecular formula is C21H22FN5S. The maximum atomic E-state index is 14.1. The Kier molecular flexibility index (Phi) is 5.62. The average Bonchev–Trinajstić information content (AvgIpc) is 2.91. The summed E-state index contributed by atoms with van der Waals surface area (Å²) in [5.41, 5.74) is 2.54. The zero-order valence-electron chi connectivity index (χ0n) is 15.5. The van der Waals surface area contributed by atoms with Crippen LogP contribution in [0.15, 0.2) is 53.6 Å². The van der Waals surface area contributed by atoms with Crippen LogP contribution in [0.3, 0.4) is 0 Å². The molecule has 1 N–H and O–H groups in total. The van der Waals surface area contributed by atoms with Crippen molar-refractivity contribution >= 4 is 24.1 Å². The number of hydrogen-bond acceptors (Lipinski definition) is 4. The van der Waals surface area contributed by atoms with Gasteiger partial charge in [0, 0.05) is 18.8 Å². The summed E-state index contributed by atoms with van der Waals surface area (Å²) in [6, 6.07) is 14.8. The van der Waals surface area contributed by atoms with E-state index >= 15 is 0 Å². The molecule has 4 rings (SSSR count). The highest BCUT2D eigenvalue weighted by Crippen LogP contribution is 2.21. The van der Waals surface area contributed by atoms with Gasteiger partial charge in [0.05, 0.1) is 11.8 Å². The molecular weight excluding hydrogens is 373 g/mol. The Bertz CT molecular complexity index is 1010. The molecule has 0 spiro atoms. The van der Waals surface area contributed by atoms with Gasteiger partial charge in [0.2, 0.25) is 4.77 Å². The van der Waals surface area contributed by atoms with Gasteiger partial charge in [0.25, 0.3) is 0 Å². The molecule has 0 atom stereocenters. The van der Waals surface area contributed by atoms with Gasteiger partial charge in [0.15, 0.2) is 5.82 Å². The van der Waals surface area contributed by atoms with Crippen LogP contribution in [0.5, 0.6) is 0 Å². The third-order valence-corrected chi connectivity index (χ3v) is 5.22. The van der Waals surface area contributed by atoms with E-state index in [1.807, 2.05) is 12.1 Å². The molecule has 0 bridgehead atoms. The van der Waals surface area contributed by atoms with Gasteiger partial charge in [0.1, 0.15) is 5.82 Å². The first-order valence-electron chi connectivity index (χ1n) is 9.54. The van der Waals surface area contributed by atoms with Crippen LogP contribution >= 0.6 is 12.2 Å². The van der Waals surface area contributed by atoms with Crippen LogP contribution < -0.4 is 4.90 Å². The first kappa shape index (κ1) is 18.6. The molecule has 1 saturated heterocycles. The largest absolute Gasteiger partial charge is 0.372 e. The normalized spacial score (nSPS) is 15.1. The number of rotatable bonds is 4. The molecule has 0 saturated carbocycles. The number of halogens is 1. The van der Waals surface area contributed by atoms with Crippen molar-refractivity contribution in [3.63, 3.8) is 0 Å². The molecule has 2 aromatic carbocycles. The fourth-order valence-corrected chi connectivity index (χ4v) is 3.62. The Morgan fingerprint density at radius 3 is 2.43 bits per heavy atom. The Balaban J connectivity index is 1.56. The van der Waals surface area contributed by atoms with Crippen molar-refractivity contribution in [2.45, 2.75) is 25.7 Å². The Hall–Kier alpha value is -2.80. The number of nitrogens with zero attached hydrogens (tertiary/aromatic N) is 4. The SMILES string of the molecule is Fc1ccccc1-c1n[nH]c(=S)n1/N=C\c1ccc(N2CCCCCC2)cc1. The number of aromatic nitrogens is 3. The molecule has 1 aliphatic heterocycles. The highest BCUT2D eigenvalue weighted by atomic mass is 32.1. The lowest BCUT2D eigenvalue weighted by atomic mass is 10.2. The van der Waals surface area contributed by atoms with E-state index in [0.717, 1.165) is 18.7 Å². The maximum Gasteiger partial charge on any atom is 0.216 e. The van der Waals surface area contributed by atoms with Crippen LogP contribution in [-0.2, 0) is 0 Å². The van der Waals surface area contributed by atoms with Crippen LogP contribution in [0.25, 0.3) is 11.4 Å². The average molecular weight is 396 g/mol. The number of anilines is 1. The smallest absolute Gasteiger partial charge is 0.216 e. The van der Waals surface area contributed by atoms with Gasteiger partial charge in [-0.05, 0) is 54.9 Å². The van der Waals surface area contributed by atoms with Gasteiger partial charge in [-0.15, -0.1) is 0 Å². The van der Waals surface area contributed by atoms with Crippen LogP contribution in [0, 0.1) is 10.6 Å². The molecule has 7 heteroatoms. The second kappa shape index (κ2) is 8.48. The third kappa shape index (κ3) is 4.04. The lowest BCUT2D eigenvalue weighted by molar-refractivity contribution is 0.628. The van der Waals surface area contributed by atoms with Crippen molar-refractivity contribution in [1.29, 1.82) is 0 Å². The summed E-state index contributed by atoms with van der Waals surface area (Å²) >= 11 is 5.25. The summed E-state index contributed by atoms with van der Waals surface area (Å²) in [4.78, 5) is 2.44. The van der Waals surface area contributed by atoms with Crippen molar-refractivity contribution < 1.29 is 4.39 Å². The molecule has 1 aliphatic rings. The number of aromatic amines is 1. The lowest BCUT2D eigenvalue weighted by Crippen LogP contribution is -2.23. The van der Waals surface area contributed by atoms with E-state index in [0.29, 0.717) is 16.2 Å². The second-order valence-electron chi connectivity index (χ2n) is 6.88. The fourth-order valence-electron chi connectivity index (χ4n) is 3.44. The minimum absolute atomic E-state index is 0.315. The predicted molar refractivity (Wildman–Crippen MR) is 113 cm³/mol. The van der Waals surface area contributed by atoms with Crippen molar-refractivity contribution in [3.8, 4) is 11.4 Å². The van der Waals surface area contributed by atoms with E-state index in [4.69, 9.17) is 12.2 Å². The zero-order valence-corrected chi connectivity index (χ0v) is 16.3. The van der Waals surface area contributed by atoms with Crippen LogP contribution in [0.2, 0.25) is 0 Å². The van der Waals surface area contributed by atoms with Crippen LogP contribution in [-0.4, -0.2) is 34.2 Å². The molecule has 28 heavy (non-hydrogen) atoms. The van der Waals surface area contributed by atoms with Gasteiger partial charge in [-0.2, -0.15) is 14.9 Å². The summed E-state index contributed by atoms with van der Waals surface area (Å²) in [5, 5.41) is 11.2. The molecule has 0 unspecified atom stereocenters. The molecule has 144 valence electrons. The molecule has 5 nitrogen and oxygen atoms in total. The number of hydrogen-bond donors (Lipinski definition) is 1. The maximum absolute atomic E-state index is 14.1. The first-order valence-corrected chi connectivity index (χ1v) is 9.95. The standard InChI is InChI=1S/C21H22FN5S/c22-19-8-4-3-7-18(19)20-24-25-21(28)27(20)23-15-16-9-11-17(12-10-16)26-13-5-1-2-6-14-26/h3-4,7-12,15H,1-2,5-6,13-14H2,(H,25,28)/b23-15-. The second-order valence-corrected chi connectivity index (χ2v) is 7.27. The van der Waals surface area contributed by atoms with Gasteiger partial charge >= 0.3 is 0 Å². The molecule has 3 aromatic rings. The monoisotopic (exact) mass is 395 g/mol. The van der Waals surface area contributed by atoms with Gasteiger partial charge in [-0.25, -0.2) is 9.49 Å². The van der Waals surface area contributed by atoms with E-state index in [2.05, 4.69) is 32.3 Å². The summed E-state index contributed by atoms with van der Waals surface area (Å²) in [6.45, 7) is 2.23. The van der Waals surface area contributed by atoms with Gasteiger partial charge < -0.3 is 4.90 Å². The van der Waals surface area contributed by atoms with Crippen molar-refractivity contribution in [3.05, 3.63) is 64.7 Å². The zero-order chi connectivity index (χ0) is 19.3. The first-order chi connectivity index (χ1) is 13.7. The molecule has 2 heterocycles. The van der Waals surface area contributed by atoms with Gasteiger partial charge in [-0.3, -0.25) is 0 Å². The Morgan fingerprint density at radius 2 is 1.71 bits per heavy atom. The minimum Gasteiger partial charge on any atom is -0.372 e. The van der Waals surface area contributed by atoms with E-state index in [1.165, 1.54) is 42.1 Å². The van der Waals surface area contributed by atoms with E-state index < -0.39 is 0 Å². The van der Waals surface area contributed by atoms with Crippen molar-refractivity contribution in [1.82, 2.24) is 14.9 Å². The topological polar surface area (TPSA) is 49.2 Å². The van der Waals surface area contributed by atoms with Crippen LogP contribution in [0.1, 0.15) is 31.2 Å². The number of H-pyrrole nitrogens is 1. The predicted octanol–water partition coefficient (Wildman–Crippen LogP) is 5.01. The molecule has 1 aromatic heterocycles. The Labute approximate surface area is 168 Å². The summed E-state index contributed by atoms with van der Waals surface area (Å²) in [7, 11) is 0. The van der Waals surface area contributed by atoms with Crippen LogP contribution in [0.4, 0.5) is 10.1 Å². The highest BCUT2D eigenvalue weighted by Gasteiger charge is 2.12. The summed E-state index contributed by atoms with van der Waals surface area (Å²) < 4.78 is 15.9. The number of nitrogens with one attached hydrogen (secondary N) is 1. The van der Waals surface area contributed by atoms with E-state index in [1.54, 1.807) is 24.4 Å². The van der Waals surface area contributed by atoms with Crippen molar-refractivity contribution in [2.24, 2.45) is 5.10 Å². The lowest BCUT2D eigenvalue weighted by Gasteiger charge is -2.22. The van der Waals surface area contributed by atoms with E-state index in [9.17, 15) is 4.39 Å². The fraction of sp³-hybridized carbons (Fsp3) is 0.286. The number of benzene rings is 2. The molecule has 0 amide bonds.